The maximum Gasteiger partial charge on any atom is 0.0485 e. The molecule has 0 unspecified atom stereocenters. The summed E-state index contributed by atoms with van der Waals surface area (Å²) >= 11 is 0. The van der Waals surface area contributed by atoms with Crippen molar-refractivity contribution >= 4 is 10.9 Å². The molecule has 3 saturated carbocycles. The molecule has 1 saturated heterocycles. The Hall–Kier alpha value is -1.32. The fourth-order valence-electron chi connectivity index (χ4n) is 7.19. The second kappa shape index (κ2) is 9.97. The zero-order valence-electron chi connectivity index (χ0n) is 21.8. The minimum absolute atomic E-state index is 0.668. The number of fused-ring (bicyclic) bond motifs is 1. The van der Waals surface area contributed by atoms with Gasteiger partial charge in [0, 0.05) is 56.0 Å². The van der Waals surface area contributed by atoms with Crippen LogP contribution in [0.1, 0.15) is 89.8 Å². The van der Waals surface area contributed by atoms with Crippen molar-refractivity contribution in [1.82, 2.24) is 14.4 Å². The van der Waals surface area contributed by atoms with Gasteiger partial charge in [-0.15, -0.1) is 0 Å². The van der Waals surface area contributed by atoms with E-state index in [0.717, 1.165) is 36.3 Å². The molecule has 4 aliphatic rings. The van der Waals surface area contributed by atoms with Crippen LogP contribution in [-0.4, -0.2) is 46.6 Å². The van der Waals surface area contributed by atoms with Crippen LogP contribution in [-0.2, 0) is 6.54 Å². The molecule has 0 bridgehead atoms. The summed E-state index contributed by atoms with van der Waals surface area (Å²) in [6.45, 7) is 11.2. The van der Waals surface area contributed by atoms with Crippen LogP contribution >= 0.6 is 0 Å². The third-order valence-corrected chi connectivity index (χ3v) is 9.70. The van der Waals surface area contributed by atoms with E-state index in [0.29, 0.717) is 6.04 Å². The van der Waals surface area contributed by atoms with Crippen molar-refractivity contribution in [3.05, 3.63) is 36.0 Å². The molecule has 3 aliphatic carbocycles. The van der Waals surface area contributed by atoms with Crippen LogP contribution < -0.4 is 0 Å². The van der Waals surface area contributed by atoms with Crippen LogP contribution in [0.2, 0.25) is 0 Å². The molecule has 3 heteroatoms. The normalized spacial score (nSPS) is 27.3. The highest BCUT2D eigenvalue weighted by Crippen LogP contribution is 2.38. The van der Waals surface area contributed by atoms with Crippen molar-refractivity contribution in [2.75, 3.05) is 26.2 Å². The van der Waals surface area contributed by atoms with Gasteiger partial charge in [0.1, 0.15) is 0 Å². The van der Waals surface area contributed by atoms with Crippen LogP contribution in [0.15, 0.2) is 30.3 Å². The third-order valence-electron chi connectivity index (χ3n) is 9.70. The van der Waals surface area contributed by atoms with E-state index in [1.54, 1.807) is 5.69 Å². The van der Waals surface area contributed by atoms with Gasteiger partial charge in [-0.1, -0.05) is 32.0 Å². The van der Waals surface area contributed by atoms with Crippen LogP contribution in [0.3, 0.4) is 0 Å². The Morgan fingerprint density at radius 1 is 0.794 bits per heavy atom. The van der Waals surface area contributed by atoms with Crippen molar-refractivity contribution in [3.63, 3.8) is 0 Å². The lowest BCUT2D eigenvalue weighted by Gasteiger charge is -2.42. The predicted molar refractivity (Wildman–Crippen MR) is 143 cm³/mol. The first-order valence-electron chi connectivity index (χ1n) is 14.7. The fraction of sp³-hybridized carbons (Fsp3) is 0.742. The molecule has 0 atom stereocenters. The van der Waals surface area contributed by atoms with Gasteiger partial charge in [0.25, 0.3) is 0 Å². The van der Waals surface area contributed by atoms with Gasteiger partial charge < -0.3 is 9.47 Å². The van der Waals surface area contributed by atoms with Crippen LogP contribution in [0.4, 0.5) is 0 Å². The monoisotopic (exact) mass is 461 g/mol. The Morgan fingerprint density at radius 3 is 2.06 bits per heavy atom. The topological polar surface area (TPSA) is 11.4 Å². The Kier molecular flexibility index (Phi) is 6.78. The quantitative estimate of drug-likeness (QED) is 0.394. The molecule has 3 nitrogen and oxygen atoms in total. The van der Waals surface area contributed by atoms with E-state index in [2.05, 4.69) is 58.5 Å². The summed E-state index contributed by atoms with van der Waals surface area (Å²) in [5.41, 5.74) is 3.06. The number of piperidine rings is 1. The van der Waals surface area contributed by atoms with E-state index in [-0.39, 0.29) is 0 Å². The first-order valence-corrected chi connectivity index (χ1v) is 14.7. The lowest BCUT2D eigenvalue weighted by atomic mass is 9.79. The van der Waals surface area contributed by atoms with Gasteiger partial charge in [-0.25, -0.2) is 0 Å². The molecule has 186 valence electrons. The lowest BCUT2D eigenvalue weighted by molar-refractivity contribution is 0.0884. The molecule has 0 N–H and O–H groups in total. The van der Waals surface area contributed by atoms with E-state index in [9.17, 15) is 0 Å². The average Bonchev–Trinajstić information content (AvgIpc) is 3.79. The van der Waals surface area contributed by atoms with Crippen molar-refractivity contribution in [2.45, 2.75) is 96.7 Å². The lowest BCUT2D eigenvalue weighted by Crippen LogP contribution is -2.44. The first kappa shape index (κ1) is 23.1. The molecule has 1 aliphatic heterocycles. The molecule has 34 heavy (non-hydrogen) atoms. The Bertz CT molecular complexity index is 923. The molecule has 2 heterocycles. The highest BCUT2D eigenvalue weighted by atomic mass is 15.2. The number of rotatable bonds is 9. The molecule has 0 radical (unpaired) electrons. The predicted octanol–water partition coefficient (Wildman–Crippen LogP) is 7.12. The zero-order chi connectivity index (χ0) is 23.1. The summed E-state index contributed by atoms with van der Waals surface area (Å²) in [6, 6.07) is 13.2. The fourth-order valence-corrected chi connectivity index (χ4v) is 7.19. The average molecular weight is 462 g/mol. The van der Waals surface area contributed by atoms with Crippen molar-refractivity contribution in [3.8, 4) is 0 Å². The summed E-state index contributed by atoms with van der Waals surface area (Å²) in [4.78, 5) is 5.69. The maximum absolute atomic E-state index is 2.87. The van der Waals surface area contributed by atoms with E-state index in [4.69, 9.17) is 0 Å². The SMILES string of the molecule is CC(C)[C@H]1CC[C@@H](N2CCC(n3c(CN(CC4CC4)CC4CC4)cc4ccccc43)CC2)CC1. The van der Waals surface area contributed by atoms with Crippen molar-refractivity contribution in [1.29, 1.82) is 0 Å². The molecule has 4 fully saturated rings. The highest BCUT2D eigenvalue weighted by Gasteiger charge is 2.33. The number of aromatic nitrogens is 1. The minimum Gasteiger partial charge on any atom is -0.340 e. The van der Waals surface area contributed by atoms with Gasteiger partial charge in [-0.05, 0) is 105 Å². The Morgan fingerprint density at radius 2 is 1.44 bits per heavy atom. The number of hydrogen-bond donors (Lipinski definition) is 0. The van der Waals surface area contributed by atoms with E-state index in [1.807, 2.05) is 0 Å². The second-order valence-electron chi connectivity index (χ2n) is 12.7. The van der Waals surface area contributed by atoms with Gasteiger partial charge >= 0.3 is 0 Å². The number of benzene rings is 1. The van der Waals surface area contributed by atoms with Gasteiger partial charge in [-0.3, -0.25) is 4.90 Å². The third kappa shape index (κ3) is 5.26. The van der Waals surface area contributed by atoms with Gasteiger partial charge in [0.2, 0.25) is 0 Å². The number of para-hydroxylation sites is 1. The van der Waals surface area contributed by atoms with Gasteiger partial charge in [-0.2, -0.15) is 0 Å². The van der Waals surface area contributed by atoms with Crippen LogP contribution in [0.25, 0.3) is 10.9 Å². The number of nitrogens with zero attached hydrogens (tertiary/aromatic N) is 3. The highest BCUT2D eigenvalue weighted by molar-refractivity contribution is 5.81. The number of hydrogen-bond acceptors (Lipinski definition) is 2. The van der Waals surface area contributed by atoms with E-state index in [1.165, 1.54) is 101 Å². The molecule has 6 rings (SSSR count). The summed E-state index contributed by atoms with van der Waals surface area (Å²) in [5, 5.41) is 1.45. The Labute approximate surface area is 207 Å². The summed E-state index contributed by atoms with van der Waals surface area (Å²) in [6.07, 6.45) is 14.2. The molecule has 0 amide bonds. The van der Waals surface area contributed by atoms with Gasteiger partial charge in [0.15, 0.2) is 0 Å². The molecule has 1 aromatic carbocycles. The van der Waals surface area contributed by atoms with Crippen LogP contribution in [0, 0.1) is 23.7 Å². The maximum atomic E-state index is 2.87. The minimum atomic E-state index is 0.668. The Balaban J connectivity index is 1.15. The summed E-state index contributed by atoms with van der Waals surface area (Å²) < 4.78 is 2.79. The van der Waals surface area contributed by atoms with Crippen LogP contribution in [0.5, 0.6) is 0 Å². The number of likely N-dealkylation sites (tertiary alicyclic amines) is 1. The molecule has 2 aromatic rings. The van der Waals surface area contributed by atoms with Gasteiger partial charge in [0.05, 0.1) is 0 Å². The molecular weight excluding hydrogens is 414 g/mol. The summed E-state index contributed by atoms with van der Waals surface area (Å²) in [7, 11) is 0. The molecule has 0 spiro atoms. The van der Waals surface area contributed by atoms with Crippen molar-refractivity contribution in [2.24, 2.45) is 23.7 Å². The zero-order valence-corrected chi connectivity index (χ0v) is 21.8. The van der Waals surface area contributed by atoms with E-state index < -0.39 is 0 Å². The molecular formula is C31H47N3. The molecule has 1 aromatic heterocycles. The second-order valence-corrected chi connectivity index (χ2v) is 12.7. The summed E-state index contributed by atoms with van der Waals surface area (Å²) in [5.74, 6) is 3.79. The van der Waals surface area contributed by atoms with Crippen molar-refractivity contribution < 1.29 is 0 Å². The smallest absolute Gasteiger partial charge is 0.0485 e. The largest absolute Gasteiger partial charge is 0.340 e. The standard InChI is InChI=1S/C31H47N3/c1-23(2)26-11-13-28(14-12-26)33-17-15-29(16-18-33)34-30(19-27-5-3-4-6-31(27)34)22-32(20-24-7-8-24)21-25-9-10-25/h3-6,19,23-26,28-29H,7-18,20-22H2,1-2H3/t26-,28+. The first-order chi connectivity index (χ1) is 16.6. The van der Waals surface area contributed by atoms with E-state index >= 15 is 0 Å².